The standard InChI is InChI=1S/C17H24N6O/c1-12-10-18-11-16(19-12)23-7-5-14(6-8-23)21(3)17(24)15-9-13(2)22(4)20-15/h9-11,14H,5-8H2,1-4H3. The summed E-state index contributed by atoms with van der Waals surface area (Å²) in [4.78, 5) is 25.4. The molecule has 0 atom stereocenters. The molecule has 2 aromatic heterocycles. The lowest BCUT2D eigenvalue weighted by Gasteiger charge is -2.37. The van der Waals surface area contributed by atoms with Gasteiger partial charge in [0, 0.05) is 45.1 Å². The number of nitrogens with zero attached hydrogens (tertiary/aromatic N) is 6. The van der Waals surface area contributed by atoms with Crippen LogP contribution in [0, 0.1) is 13.8 Å². The Balaban J connectivity index is 1.62. The molecule has 0 unspecified atom stereocenters. The molecular weight excluding hydrogens is 304 g/mol. The summed E-state index contributed by atoms with van der Waals surface area (Å²) in [6.45, 7) is 5.65. The number of rotatable bonds is 3. The van der Waals surface area contributed by atoms with Gasteiger partial charge in [0.25, 0.3) is 5.91 Å². The second-order valence-electron chi connectivity index (χ2n) is 6.45. The number of piperidine rings is 1. The highest BCUT2D eigenvalue weighted by molar-refractivity contribution is 5.92. The van der Waals surface area contributed by atoms with Crippen molar-refractivity contribution in [1.29, 1.82) is 0 Å². The van der Waals surface area contributed by atoms with E-state index in [1.165, 1.54) is 0 Å². The van der Waals surface area contributed by atoms with E-state index in [4.69, 9.17) is 0 Å². The fraction of sp³-hybridized carbons (Fsp3) is 0.529. The summed E-state index contributed by atoms with van der Waals surface area (Å²) in [5.41, 5.74) is 2.43. The SMILES string of the molecule is Cc1cncc(N2CCC(N(C)C(=O)c3cc(C)n(C)n3)CC2)n1. The van der Waals surface area contributed by atoms with E-state index >= 15 is 0 Å². The lowest BCUT2D eigenvalue weighted by atomic mass is 10.0. The van der Waals surface area contributed by atoms with Crippen molar-refractivity contribution in [3.05, 3.63) is 35.5 Å². The molecule has 0 bridgehead atoms. The van der Waals surface area contributed by atoms with Crippen LogP contribution < -0.4 is 4.90 Å². The van der Waals surface area contributed by atoms with E-state index in [1.54, 1.807) is 17.1 Å². The van der Waals surface area contributed by atoms with Crippen molar-refractivity contribution in [2.75, 3.05) is 25.0 Å². The molecule has 1 aliphatic heterocycles. The molecule has 1 saturated heterocycles. The molecule has 0 saturated carbocycles. The van der Waals surface area contributed by atoms with Gasteiger partial charge in [0.05, 0.1) is 11.9 Å². The van der Waals surface area contributed by atoms with Crippen LogP contribution in [0.4, 0.5) is 5.82 Å². The minimum atomic E-state index is -0.00695. The van der Waals surface area contributed by atoms with E-state index in [2.05, 4.69) is 20.0 Å². The summed E-state index contributed by atoms with van der Waals surface area (Å²) in [6, 6.07) is 2.07. The zero-order valence-electron chi connectivity index (χ0n) is 14.7. The highest BCUT2D eigenvalue weighted by Gasteiger charge is 2.27. The third-order valence-electron chi connectivity index (χ3n) is 4.73. The van der Waals surface area contributed by atoms with Crippen LogP contribution in [0.25, 0.3) is 0 Å². The number of hydrogen-bond acceptors (Lipinski definition) is 5. The summed E-state index contributed by atoms with van der Waals surface area (Å²) < 4.78 is 1.74. The van der Waals surface area contributed by atoms with Gasteiger partial charge in [0.15, 0.2) is 5.69 Å². The van der Waals surface area contributed by atoms with E-state index in [0.717, 1.165) is 43.1 Å². The summed E-state index contributed by atoms with van der Waals surface area (Å²) in [7, 11) is 3.73. The maximum Gasteiger partial charge on any atom is 0.274 e. The summed E-state index contributed by atoms with van der Waals surface area (Å²) in [6.07, 6.45) is 5.41. The molecule has 3 heterocycles. The lowest BCUT2D eigenvalue weighted by Crippen LogP contribution is -2.46. The van der Waals surface area contributed by atoms with Gasteiger partial charge in [-0.2, -0.15) is 5.10 Å². The predicted molar refractivity (Wildman–Crippen MR) is 92.0 cm³/mol. The molecule has 3 rings (SSSR count). The molecule has 1 aliphatic rings. The molecule has 0 radical (unpaired) electrons. The Kier molecular flexibility index (Phi) is 4.51. The molecule has 0 N–H and O–H groups in total. The maximum atomic E-state index is 12.6. The smallest absolute Gasteiger partial charge is 0.274 e. The van der Waals surface area contributed by atoms with Gasteiger partial charge in [0.1, 0.15) is 5.82 Å². The minimum Gasteiger partial charge on any atom is -0.355 e. The van der Waals surface area contributed by atoms with Crippen molar-refractivity contribution >= 4 is 11.7 Å². The fourth-order valence-electron chi connectivity index (χ4n) is 3.10. The molecule has 0 spiro atoms. The minimum absolute atomic E-state index is 0.00695. The molecule has 7 nitrogen and oxygen atoms in total. The van der Waals surface area contributed by atoms with Gasteiger partial charge in [-0.25, -0.2) is 4.98 Å². The normalized spacial score (nSPS) is 15.6. The Morgan fingerprint density at radius 2 is 1.96 bits per heavy atom. The van der Waals surface area contributed by atoms with Crippen LogP contribution in [0.5, 0.6) is 0 Å². The van der Waals surface area contributed by atoms with Crippen molar-refractivity contribution in [3.8, 4) is 0 Å². The highest BCUT2D eigenvalue weighted by Crippen LogP contribution is 2.21. The van der Waals surface area contributed by atoms with Gasteiger partial charge in [-0.05, 0) is 32.8 Å². The molecular formula is C17H24N6O. The van der Waals surface area contributed by atoms with E-state index < -0.39 is 0 Å². The van der Waals surface area contributed by atoms with E-state index in [9.17, 15) is 4.79 Å². The Morgan fingerprint density at radius 1 is 1.25 bits per heavy atom. The molecule has 1 fully saturated rings. The molecule has 128 valence electrons. The molecule has 1 amide bonds. The van der Waals surface area contributed by atoms with Gasteiger partial charge >= 0.3 is 0 Å². The van der Waals surface area contributed by atoms with Crippen molar-refractivity contribution in [2.45, 2.75) is 32.7 Å². The summed E-state index contributed by atoms with van der Waals surface area (Å²) in [5, 5.41) is 4.30. The topological polar surface area (TPSA) is 67.2 Å². The van der Waals surface area contributed by atoms with Crippen molar-refractivity contribution in [1.82, 2.24) is 24.6 Å². The molecule has 24 heavy (non-hydrogen) atoms. The average Bonchev–Trinajstić information content (AvgIpc) is 2.93. The van der Waals surface area contributed by atoms with Crippen LogP contribution in [-0.4, -0.2) is 56.7 Å². The predicted octanol–water partition coefficient (Wildman–Crippen LogP) is 1.57. The first-order chi connectivity index (χ1) is 11.5. The number of carbonyl (C=O) groups is 1. The third kappa shape index (κ3) is 3.25. The number of hydrogen-bond donors (Lipinski definition) is 0. The van der Waals surface area contributed by atoms with Crippen molar-refractivity contribution < 1.29 is 4.79 Å². The van der Waals surface area contributed by atoms with Crippen molar-refractivity contribution in [3.63, 3.8) is 0 Å². The first-order valence-electron chi connectivity index (χ1n) is 8.27. The summed E-state index contributed by atoms with van der Waals surface area (Å²) >= 11 is 0. The Bertz CT molecular complexity index is 713. The summed E-state index contributed by atoms with van der Waals surface area (Å²) in [5.74, 6) is 0.912. The number of aryl methyl sites for hydroxylation is 3. The van der Waals surface area contributed by atoms with E-state index in [0.29, 0.717) is 5.69 Å². The van der Waals surface area contributed by atoms with Crippen LogP contribution in [0.15, 0.2) is 18.5 Å². The van der Waals surface area contributed by atoms with E-state index in [1.807, 2.05) is 38.9 Å². The number of anilines is 1. The second kappa shape index (κ2) is 6.59. The van der Waals surface area contributed by atoms with Crippen LogP contribution in [0.3, 0.4) is 0 Å². The van der Waals surface area contributed by atoms with Gasteiger partial charge in [-0.1, -0.05) is 0 Å². The van der Waals surface area contributed by atoms with Crippen LogP contribution in [-0.2, 0) is 7.05 Å². The average molecular weight is 328 g/mol. The zero-order chi connectivity index (χ0) is 17.3. The quantitative estimate of drug-likeness (QED) is 0.855. The van der Waals surface area contributed by atoms with E-state index in [-0.39, 0.29) is 11.9 Å². The van der Waals surface area contributed by atoms with Gasteiger partial charge in [-0.15, -0.1) is 0 Å². The van der Waals surface area contributed by atoms with Gasteiger partial charge < -0.3 is 9.80 Å². The number of amides is 1. The van der Waals surface area contributed by atoms with Gasteiger partial charge in [0.2, 0.25) is 0 Å². The number of carbonyl (C=O) groups excluding carboxylic acids is 1. The van der Waals surface area contributed by atoms with Gasteiger partial charge in [-0.3, -0.25) is 14.5 Å². The fourth-order valence-corrected chi connectivity index (χ4v) is 3.10. The van der Waals surface area contributed by atoms with Crippen LogP contribution in [0.1, 0.15) is 34.7 Å². The third-order valence-corrected chi connectivity index (χ3v) is 4.73. The Hall–Kier alpha value is -2.44. The first kappa shape index (κ1) is 16.4. The largest absolute Gasteiger partial charge is 0.355 e. The monoisotopic (exact) mass is 328 g/mol. The lowest BCUT2D eigenvalue weighted by molar-refractivity contribution is 0.0702. The zero-order valence-corrected chi connectivity index (χ0v) is 14.7. The second-order valence-corrected chi connectivity index (χ2v) is 6.45. The van der Waals surface area contributed by atoms with Crippen molar-refractivity contribution in [2.24, 2.45) is 7.05 Å². The Morgan fingerprint density at radius 3 is 2.54 bits per heavy atom. The Labute approximate surface area is 142 Å². The maximum absolute atomic E-state index is 12.6. The van der Waals surface area contributed by atoms with Crippen LogP contribution >= 0.6 is 0 Å². The molecule has 7 heteroatoms. The molecule has 0 aromatic carbocycles. The highest BCUT2D eigenvalue weighted by atomic mass is 16.2. The molecule has 0 aliphatic carbocycles. The first-order valence-corrected chi connectivity index (χ1v) is 8.27. The molecule has 2 aromatic rings. The van der Waals surface area contributed by atoms with Crippen LogP contribution in [0.2, 0.25) is 0 Å². The number of aromatic nitrogens is 4.